The van der Waals surface area contributed by atoms with Crippen molar-refractivity contribution >= 4 is 15.9 Å². The van der Waals surface area contributed by atoms with E-state index in [0.717, 1.165) is 6.07 Å². The van der Waals surface area contributed by atoms with Gasteiger partial charge in [0.2, 0.25) is 0 Å². The number of halogens is 4. The summed E-state index contributed by atoms with van der Waals surface area (Å²) in [6.45, 7) is 0. The highest BCUT2D eigenvalue weighted by Gasteiger charge is 2.33. The number of rotatable bonds is 2. The SMILES string of the molecule is FC(F)(F)c1cc(-n2cccn2)ccc1CBr. The summed E-state index contributed by atoms with van der Waals surface area (Å²) in [4.78, 5) is 0. The summed E-state index contributed by atoms with van der Waals surface area (Å²) in [6.07, 6.45) is -1.23. The third kappa shape index (κ3) is 2.52. The number of aromatic nitrogens is 2. The molecule has 6 heteroatoms. The maximum absolute atomic E-state index is 12.8. The molecule has 0 bridgehead atoms. The first-order chi connectivity index (χ1) is 8.02. The van der Waals surface area contributed by atoms with Gasteiger partial charge in [-0.2, -0.15) is 18.3 Å². The van der Waals surface area contributed by atoms with Gasteiger partial charge < -0.3 is 0 Å². The van der Waals surface area contributed by atoms with E-state index in [-0.39, 0.29) is 10.9 Å². The predicted octanol–water partition coefficient (Wildman–Crippen LogP) is 3.79. The molecule has 0 aliphatic heterocycles. The smallest absolute Gasteiger partial charge is 0.241 e. The monoisotopic (exact) mass is 304 g/mol. The summed E-state index contributed by atoms with van der Waals surface area (Å²) >= 11 is 3.05. The van der Waals surface area contributed by atoms with E-state index in [9.17, 15) is 13.2 Å². The van der Waals surface area contributed by atoms with Gasteiger partial charge >= 0.3 is 6.18 Å². The molecule has 0 amide bonds. The maximum atomic E-state index is 12.8. The van der Waals surface area contributed by atoms with Crippen molar-refractivity contribution in [1.29, 1.82) is 0 Å². The van der Waals surface area contributed by atoms with E-state index < -0.39 is 11.7 Å². The molecule has 0 atom stereocenters. The van der Waals surface area contributed by atoms with E-state index in [1.165, 1.54) is 16.9 Å². The minimum absolute atomic E-state index is 0.168. The normalized spacial score (nSPS) is 11.8. The molecule has 0 N–H and O–H groups in total. The molecule has 0 spiro atoms. The van der Waals surface area contributed by atoms with Crippen molar-refractivity contribution in [2.24, 2.45) is 0 Å². The quantitative estimate of drug-likeness (QED) is 0.772. The summed E-state index contributed by atoms with van der Waals surface area (Å²) in [5.41, 5.74) is -0.0252. The van der Waals surface area contributed by atoms with Crippen LogP contribution in [0.5, 0.6) is 0 Å². The highest BCUT2D eigenvalue weighted by atomic mass is 79.9. The molecule has 0 aliphatic carbocycles. The molecule has 0 saturated heterocycles. The van der Waals surface area contributed by atoms with E-state index >= 15 is 0 Å². The average molecular weight is 305 g/mol. The summed E-state index contributed by atoms with van der Waals surface area (Å²) in [6, 6.07) is 5.82. The Morgan fingerprint density at radius 1 is 1.29 bits per heavy atom. The Morgan fingerprint density at radius 3 is 2.59 bits per heavy atom. The molecular formula is C11H8BrF3N2. The lowest BCUT2D eigenvalue weighted by Gasteiger charge is -2.13. The van der Waals surface area contributed by atoms with Gasteiger partial charge in [0.15, 0.2) is 0 Å². The first-order valence-electron chi connectivity index (χ1n) is 4.78. The van der Waals surface area contributed by atoms with Crippen molar-refractivity contribution in [2.75, 3.05) is 0 Å². The van der Waals surface area contributed by atoms with Gasteiger partial charge in [-0.1, -0.05) is 22.0 Å². The lowest BCUT2D eigenvalue weighted by Crippen LogP contribution is -2.10. The highest BCUT2D eigenvalue weighted by Crippen LogP contribution is 2.34. The fourth-order valence-electron chi connectivity index (χ4n) is 1.51. The molecule has 1 heterocycles. The Kier molecular flexibility index (Phi) is 3.24. The topological polar surface area (TPSA) is 17.8 Å². The Morgan fingerprint density at radius 2 is 2.06 bits per heavy atom. The molecule has 2 rings (SSSR count). The zero-order chi connectivity index (χ0) is 12.5. The summed E-state index contributed by atoms with van der Waals surface area (Å²) in [5, 5.41) is 4.07. The van der Waals surface area contributed by atoms with Crippen LogP contribution < -0.4 is 0 Å². The van der Waals surface area contributed by atoms with E-state index in [1.807, 2.05) is 0 Å². The van der Waals surface area contributed by atoms with Gasteiger partial charge in [0.25, 0.3) is 0 Å². The molecule has 1 aromatic carbocycles. The molecule has 2 aromatic rings. The minimum atomic E-state index is -4.35. The van der Waals surface area contributed by atoms with Crippen molar-refractivity contribution in [3.05, 3.63) is 47.8 Å². The number of nitrogens with zero attached hydrogens (tertiary/aromatic N) is 2. The van der Waals surface area contributed by atoms with Crippen molar-refractivity contribution in [3.63, 3.8) is 0 Å². The van der Waals surface area contributed by atoms with Gasteiger partial charge in [-0.25, -0.2) is 4.68 Å². The Labute approximate surface area is 104 Å². The van der Waals surface area contributed by atoms with Crippen molar-refractivity contribution in [3.8, 4) is 5.69 Å². The van der Waals surface area contributed by atoms with Crippen LogP contribution in [0.15, 0.2) is 36.7 Å². The van der Waals surface area contributed by atoms with Gasteiger partial charge in [0.05, 0.1) is 11.3 Å². The molecule has 0 saturated carbocycles. The number of benzene rings is 1. The van der Waals surface area contributed by atoms with Gasteiger partial charge in [-0.3, -0.25) is 0 Å². The van der Waals surface area contributed by atoms with Crippen molar-refractivity contribution in [2.45, 2.75) is 11.5 Å². The molecule has 90 valence electrons. The van der Waals surface area contributed by atoms with Crippen LogP contribution in [0.25, 0.3) is 5.69 Å². The van der Waals surface area contributed by atoms with Crippen LogP contribution in [0.2, 0.25) is 0 Å². The molecule has 0 unspecified atom stereocenters. The lowest BCUT2D eigenvalue weighted by atomic mass is 10.1. The maximum Gasteiger partial charge on any atom is 0.416 e. The zero-order valence-electron chi connectivity index (χ0n) is 8.58. The van der Waals surface area contributed by atoms with Gasteiger partial charge in [0.1, 0.15) is 0 Å². The second kappa shape index (κ2) is 4.52. The molecular weight excluding hydrogens is 297 g/mol. The van der Waals surface area contributed by atoms with Crippen LogP contribution in [0.4, 0.5) is 13.2 Å². The lowest BCUT2D eigenvalue weighted by molar-refractivity contribution is -0.138. The van der Waals surface area contributed by atoms with E-state index in [4.69, 9.17) is 0 Å². The van der Waals surface area contributed by atoms with Crippen molar-refractivity contribution < 1.29 is 13.2 Å². The van der Waals surface area contributed by atoms with Gasteiger partial charge in [-0.05, 0) is 23.8 Å². The van der Waals surface area contributed by atoms with Crippen LogP contribution >= 0.6 is 15.9 Å². The number of alkyl halides is 4. The third-order valence-electron chi connectivity index (χ3n) is 2.31. The van der Waals surface area contributed by atoms with Crippen LogP contribution in [0, 0.1) is 0 Å². The fourth-order valence-corrected chi connectivity index (χ4v) is 2.00. The molecule has 0 radical (unpaired) electrons. The fraction of sp³-hybridized carbons (Fsp3) is 0.182. The van der Waals surface area contributed by atoms with E-state index in [1.54, 1.807) is 18.3 Å². The van der Waals surface area contributed by atoms with Gasteiger partial charge in [-0.15, -0.1) is 0 Å². The second-order valence-electron chi connectivity index (χ2n) is 3.42. The number of hydrogen-bond donors (Lipinski definition) is 0. The van der Waals surface area contributed by atoms with Crippen LogP contribution in [0.1, 0.15) is 11.1 Å². The third-order valence-corrected chi connectivity index (χ3v) is 2.92. The summed E-state index contributed by atoms with van der Waals surface area (Å²) in [5.74, 6) is 0. The Bertz CT molecular complexity index is 506. The Balaban J connectivity index is 2.53. The minimum Gasteiger partial charge on any atom is -0.241 e. The van der Waals surface area contributed by atoms with Gasteiger partial charge in [0, 0.05) is 17.7 Å². The van der Waals surface area contributed by atoms with Crippen LogP contribution in [-0.4, -0.2) is 9.78 Å². The molecule has 0 fully saturated rings. The largest absolute Gasteiger partial charge is 0.416 e. The van der Waals surface area contributed by atoms with Crippen molar-refractivity contribution in [1.82, 2.24) is 9.78 Å². The average Bonchev–Trinajstić information content (AvgIpc) is 2.80. The van der Waals surface area contributed by atoms with Crippen LogP contribution in [0.3, 0.4) is 0 Å². The zero-order valence-corrected chi connectivity index (χ0v) is 10.2. The predicted molar refractivity (Wildman–Crippen MR) is 61.2 cm³/mol. The Hall–Kier alpha value is -1.30. The highest BCUT2D eigenvalue weighted by molar-refractivity contribution is 9.08. The standard InChI is InChI=1S/C11H8BrF3N2/c12-7-8-2-3-9(17-5-1-4-16-17)6-10(8)11(13,14)15/h1-6H,7H2. The van der Waals surface area contributed by atoms with E-state index in [0.29, 0.717) is 5.69 Å². The number of hydrogen-bond acceptors (Lipinski definition) is 1. The second-order valence-corrected chi connectivity index (χ2v) is 3.98. The first kappa shape index (κ1) is 12.2. The molecule has 2 nitrogen and oxygen atoms in total. The van der Waals surface area contributed by atoms with Crippen LogP contribution in [-0.2, 0) is 11.5 Å². The summed E-state index contributed by atoms with van der Waals surface area (Å²) in [7, 11) is 0. The molecule has 0 aliphatic rings. The molecule has 1 aromatic heterocycles. The molecule has 17 heavy (non-hydrogen) atoms. The van der Waals surface area contributed by atoms with E-state index in [2.05, 4.69) is 21.0 Å². The first-order valence-corrected chi connectivity index (χ1v) is 5.90. The summed E-state index contributed by atoms with van der Waals surface area (Å²) < 4.78 is 39.8.